The molecular formula is C34H40N4O7. The van der Waals surface area contributed by atoms with Crippen LogP contribution in [0.1, 0.15) is 62.0 Å². The van der Waals surface area contributed by atoms with Crippen LogP contribution in [0.15, 0.2) is 73.1 Å². The number of hydrogen-bond acceptors (Lipinski definition) is 8. The van der Waals surface area contributed by atoms with Gasteiger partial charge in [0.2, 0.25) is 17.7 Å². The molecule has 0 radical (unpaired) electrons. The molecule has 2 aromatic carbocycles. The minimum atomic E-state index is -0.577. The van der Waals surface area contributed by atoms with E-state index in [1.165, 1.54) is 0 Å². The average Bonchev–Trinajstić information content (AvgIpc) is 3.31. The van der Waals surface area contributed by atoms with Crippen LogP contribution < -0.4 is 20.1 Å². The molecule has 1 aromatic heterocycles. The van der Waals surface area contributed by atoms with E-state index >= 15 is 0 Å². The molecule has 2 N–H and O–H groups in total. The van der Waals surface area contributed by atoms with Crippen molar-refractivity contribution in [3.05, 3.63) is 84.2 Å². The lowest BCUT2D eigenvalue weighted by molar-refractivity contribution is -0.128. The van der Waals surface area contributed by atoms with Gasteiger partial charge < -0.3 is 29.7 Å². The molecule has 0 unspecified atom stereocenters. The molecule has 1 aliphatic heterocycles. The Hall–Kier alpha value is -4.93. The summed E-state index contributed by atoms with van der Waals surface area (Å²) < 4.78 is 16.8. The van der Waals surface area contributed by atoms with Gasteiger partial charge in [-0.15, -0.1) is 0 Å². The van der Waals surface area contributed by atoms with Gasteiger partial charge in [-0.05, 0) is 87.4 Å². The molecule has 0 aliphatic carbocycles. The fourth-order valence-electron chi connectivity index (χ4n) is 4.89. The molecule has 45 heavy (non-hydrogen) atoms. The van der Waals surface area contributed by atoms with E-state index in [1.54, 1.807) is 99.7 Å². The fraction of sp³-hybridized carbons (Fsp3) is 0.382. The van der Waals surface area contributed by atoms with Crippen molar-refractivity contribution in [3.63, 3.8) is 0 Å². The first-order valence-corrected chi connectivity index (χ1v) is 14.9. The largest absolute Gasteiger partial charge is 0.494 e. The van der Waals surface area contributed by atoms with E-state index in [2.05, 4.69) is 15.6 Å². The number of hydrogen-bond donors (Lipinski definition) is 2. The zero-order chi connectivity index (χ0) is 32.4. The minimum Gasteiger partial charge on any atom is -0.494 e. The predicted molar refractivity (Wildman–Crippen MR) is 168 cm³/mol. The molecule has 11 nitrogen and oxygen atoms in total. The second-order valence-corrected chi connectivity index (χ2v) is 11.7. The van der Waals surface area contributed by atoms with E-state index in [4.69, 9.17) is 14.2 Å². The lowest BCUT2D eigenvalue weighted by atomic mass is 9.94. The van der Waals surface area contributed by atoms with E-state index < -0.39 is 17.5 Å². The molecule has 0 bridgehead atoms. The van der Waals surface area contributed by atoms with Crippen LogP contribution in [0, 0.1) is 5.92 Å². The number of rotatable bonds is 13. The summed E-state index contributed by atoms with van der Waals surface area (Å²) in [6.07, 6.45) is 4.29. The fourth-order valence-corrected chi connectivity index (χ4v) is 4.89. The van der Waals surface area contributed by atoms with Crippen molar-refractivity contribution in [2.45, 2.75) is 51.7 Å². The first-order valence-electron chi connectivity index (χ1n) is 14.9. The highest BCUT2D eigenvalue weighted by molar-refractivity contribution is 5.93. The van der Waals surface area contributed by atoms with Crippen molar-refractivity contribution in [2.75, 3.05) is 32.1 Å². The van der Waals surface area contributed by atoms with Gasteiger partial charge >= 0.3 is 5.97 Å². The maximum absolute atomic E-state index is 12.9. The summed E-state index contributed by atoms with van der Waals surface area (Å²) in [4.78, 5) is 55.4. The lowest BCUT2D eigenvalue weighted by Crippen LogP contribution is -2.36. The molecule has 0 saturated carbocycles. The van der Waals surface area contributed by atoms with Gasteiger partial charge in [-0.3, -0.25) is 19.4 Å². The van der Waals surface area contributed by atoms with Gasteiger partial charge in [-0.1, -0.05) is 6.07 Å². The van der Waals surface area contributed by atoms with Gasteiger partial charge in [0.05, 0.1) is 30.7 Å². The summed E-state index contributed by atoms with van der Waals surface area (Å²) >= 11 is 0. The number of benzene rings is 2. The molecule has 2 atom stereocenters. The van der Waals surface area contributed by atoms with Crippen molar-refractivity contribution in [1.29, 1.82) is 0 Å². The monoisotopic (exact) mass is 616 g/mol. The third-order valence-electron chi connectivity index (χ3n) is 7.06. The van der Waals surface area contributed by atoms with E-state index in [-0.39, 0.29) is 43.2 Å². The summed E-state index contributed by atoms with van der Waals surface area (Å²) in [7, 11) is 1.71. The Labute approximate surface area is 263 Å². The number of likely N-dealkylation sites (tertiary alicyclic amines) is 1. The molecule has 0 spiro atoms. The van der Waals surface area contributed by atoms with E-state index in [9.17, 15) is 19.2 Å². The highest BCUT2D eigenvalue weighted by Gasteiger charge is 2.42. The first kappa shape index (κ1) is 33.0. The Morgan fingerprint density at radius 1 is 0.956 bits per heavy atom. The number of nitrogens with one attached hydrogen (secondary N) is 2. The standard InChI is InChI=1S/C34H40N4O7/c1-34(2,3)45-33(42)23-9-11-25(12-10-23)37-29(39)8-6-19-43-26-13-15-27(16-14-26)44-20-18-36-32(41)28-21-30(40)38(4)31(28)24-7-5-17-35-22-24/h5,7,9-17,22,28,31H,6,8,18-21H2,1-4H3,(H,36,41)(H,37,39)/t28-,31+/m0/s1. The minimum absolute atomic E-state index is 0.0746. The third kappa shape index (κ3) is 9.79. The zero-order valence-corrected chi connectivity index (χ0v) is 26.1. The highest BCUT2D eigenvalue weighted by Crippen LogP contribution is 2.36. The van der Waals surface area contributed by atoms with E-state index in [0.717, 1.165) is 5.56 Å². The summed E-state index contributed by atoms with van der Waals surface area (Å²) in [5, 5.41) is 5.69. The number of ether oxygens (including phenoxy) is 3. The number of anilines is 1. The topological polar surface area (TPSA) is 136 Å². The first-order chi connectivity index (χ1) is 21.5. The Kier molecular flexibility index (Phi) is 11.1. The van der Waals surface area contributed by atoms with Gasteiger partial charge in [0.25, 0.3) is 0 Å². The molecule has 1 fully saturated rings. The van der Waals surface area contributed by atoms with Crippen molar-refractivity contribution >= 4 is 29.4 Å². The number of carbonyl (C=O) groups is 4. The van der Waals surface area contributed by atoms with Crippen molar-refractivity contribution in [3.8, 4) is 11.5 Å². The molecule has 4 rings (SSSR count). The number of aromatic nitrogens is 1. The third-order valence-corrected chi connectivity index (χ3v) is 7.06. The van der Waals surface area contributed by atoms with E-state index in [0.29, 0.717) is 42.3 Å². The predicted octanol–water partition coefficient (Wildman–Crippen LogP) is 4.55. The van der Waals surface area contributed by atoms with Gasteiger partial charge in [-0.2, -0.15) is 0 Å². The Morgan fingerprint density at radius 2 is 1.62 bits per heavy atom. The van der Waals surface area contributed by atoms with Crippen LogP contribution >= 0.6 is 0 Å². The van der Waals surface area contributed by atoms with Crippen LogP contribution in [0.3, 0.4) is 0 Å². The molecule has 3 aromatic rings. The Morgan fingerprint density at radius 3 is 2.24 bits per heavy atom. The number of amides is 3. The number of carbonyl (C=O) groups excluding carboxylic acids is 4. The SMILES string of the molecule is CN1C(=O)C[C@H](C(=O)NCCOc2ccc(OCCCC(=O)Nc3ccc(C(=O)OC(C)(C)C)cc3)cc2)[C@H]1c1cccnc1. The molecule has 2 heterocycles. The van der Waals surface area contributed by atoms with Gasteiger partial charge in [0, 0.05) is 38.0 Å². The maximum Gasteiger partial charge on any atom is 0.338 e. The molecule has 11 heteroatoms. The second kappa shape index (κ2) is 15.2. The summed E-state index contributed by atoms with van der Waals surface area (Å²) in [6.45, 7) is 6.33. The average molecular weight is 617 g/mol. The zero-order valence-electron chi connectivity index (χ0n) is 26.1. The number of nitrogens with zero attached hydrogens (tertiary/aromatic N) is 2. The number of esters is 1. The van der Waals surface area contributed by atoms with E-state index in [1.807, 2.05) is 6.07 Å². The summed E-state index contributed by atoms with van der Waals surface area (Å²) in [6, 6.07) is 17.0. The Bertz CT molecular complexity index is 1450. The van der Waals surface area contributed by atoms with Crippen LogP contribution in [0.4, 0.5) is 5.69 Å². The number of pyridine rings is 1. The quantitative estimate of drug-likeness (QED) is 0.211. The second-order valence-electron chi connectivity index (χ2n) is 11.7. The Balaban J connectivity index is 1.11. The molecule has 238 valence electrons. The van der Waals surface area contributed by atoms with Crippen LogP contribution in [0.5, 0.6) is 11.5 Å². The molecule has 1 aliphatic rings. The van der Waals surface area contributed by atoms with Gasteiger partial charge in [0.15, 0.2) is 0 Å². The van der Waals surface area contributed by atoms with Crippen molar-refractivity contribution in [2.24, 2.45) is 5.92 Å². The highest BCUT2D eigenvalue weighted by atomic mass is 16.6. The van der Waals surface area contributed by atoms with Crippen LogP contribution in [0.2, 0.25) is 0 Å². The molecular weight excluding hydrogens is 576 g/mol. The molecule has 3 amide bonds. The van der Waals surface area contributed by atoms with Gasteiger partial charge in [-0.25, -0.2) is 4.79 Å². The lowest BCUT2D eigenvalue weighted by Gasteiger charge is -2.24. The smallest absolute Gasteiger partial charge is 0.338 e. The molecule has 1 saturated heterocycles. The van der Waals surface area contributed by atoms with Crippen LogP contribution in [-0.4, -0.2) is 66.0 Å². The van der Waals surface area contributed by atoms with Crippen molar-refractivity contribution < 1.29 is 33.4 Å². The van der Waals surface area contributed by atoms with Crippen LogP contribution in [-0.2, 0) is 19.1 Å². The normalized spacial score (nSPS) is 16.2. The van der Waals surface area contributed by atoms with Gasteiger partial charge in [0.1, 0.15) is 23.7 Å². The van der Waals surface area contributed by atoms with Crippen LogP contribution in [0.25, 0.3) is 0 Å². The summed E-state index contributed by atoms with van der Waals surface area (Å²) in [5.74, 6) is -0.0647. The maximum atomic E-state index is 12.9. The van der Waals surface area contributed by atoms with Crippen molar-refractivity contribution in [1.82, 2.24) is 15.2 Å². The summed E-state index contributed by atoms with van der Waals surface area (Å²) in [5.41, 5.74) is 1.27.